The molecule has 0 radical (unpaired) electrons. The quantitative estimate of drug-likeness (QED) is 0.531. The maximum atomic E-state index is 14.4. The molecule has 1 aromatic carbocycles. The number of imidazole rings is 1. The summed E-state index contributed by atoms with van der Waals surface area (Å²) in [5, 5.41) is 6.21. The van der Waals surface area contributed by atoms with Gasteiger partial charge in [-0.25, -0.2) is 9.37 Å². The first-order chi connectivity index (χ1) is 15.0. The number of benzene rings is 1. The van der Waals surface area contributed by atoms with Crippen LogP contribution in [0.3, 0.4) is 0 Å². The number of aryl methyl sites for hydroxylation is 1. The second-order valence-electron chi connectivity index (χ2n) is 7.83. The summed E-state index contributed by atoms with van der Waals surface area (Å²) in [6, 6.07) is 5.29. The molecule has 4 heterocycles. The molecule has 1 aliphatic heterocycles. The number of piperazine rings is 1. The molecule has 8 nitrogen and oxygen atoms in total. The van der Waals surface area contributed by atoms with Gasteiger partial charge in [0, 0.05) is 56.5 Å². The van der Waals surface area contributed by atoms with Crippen LogP contribution in [0.2, 0.25) is 0 Å². The van der Waals surface area contributed by atoms with E-state index in [-0.39, 0.29) is 11.6 Å². The molecule has 158 valence electrons. The van der Waals surface area contributed by atoms with Crippen molar-refractivity contribution in [2.75, 3.05) is 29.9 Å². The second-order valence-corrected chi connectivity index (χ2v) is 7.83. The molecule has 1 unspecified atom stereocenters. The van der Waals surface area contributed by atoms with E-state index in [1.807, 2.05) is 6.07 Å². The number of rotatable bonds is 3. The molecule has 1 aliphatic rings. The predicted octanol–water partition coefficient (Wildman–Crippen LogP) is 2.78. The summed E-state index contributed by atoms with van der Waals surface area (Å²) in [5.74, 6) is -0.875. The summed E-state index contributed by atoms with van der Waals surface area (Å²) in [6.07, 6.45) is 6.55. The Morgan fingerprint density at radius 1 is 1.23 bits per heavy atom. The van der Waals surface area contributed by atoms with Gasteiger partial charge in [0.2, 0.25) is 0 Å². The van der Waals surface area contributed by atoms with Gasteiger partial charge in [-0.2, -0.15) is 0 Å². The summed E-state index contributed by atoms with van der Waals surface area (Å²) >= 11 is 0. The fourth-order valence-corrected chi connectivity index (χ4v) is 4.08. The summed E-state index contributed by atoms with van der Waals surface area (Å²) in [4.78, 5) is 28.4. The number of anilines is 2. The van der Waals surface area contributed by atoms with E-state index in [1.54, 1.807) is 42.2 Å². The minimum Gasteiger partial charge on any atom is -0.367 e. The Labute approximate surface area is 178 Å². The van der Waals surface area contributed by atoms with Crippen molar-refractivity contribution in [3.63, 3.8) is 0 Å². The first-order valence-electron chi connectivity index (χ1n) is 10.2. The Balaban J connectivity index is 1.50. The normalized spacial score (nSPS) is 16.7. The molecule has 3 aromatic heterocycles. The number of aromatic nitrogens is 4. The van der Waals surface area contributed by atoms with Crippen LogP contribution < -0.4 is 15.5 Å². The van der Waals surface area contributed by atoms with Gasteiger partial charge >= 0.3 is 0 Å². The van der Waals surface area contributed by atoms with Crippen molar-refractivity contribution in [1.29, 1.82) is 0 Å². The number of nitrogens with zero attached hydrogens (tertiary/aromatic N) is 5. The van der Waals surface area contributed by atoms with Crippen molar-refractivity contribution >= 4 is 34.0 Å². The molecule has 0 spiro atoms. The summed E-state index contributed by atoms with van der Waals surface area (Å²) in [5.41, 5.74) is 3.79. The van der Waals surface area contributed by atoms with Crippen LogP contribution in [0.25, 0.3) is 16.7 Å². The van der Waals surface area contributed by atoms with Crippen LogP contribution in [0.1, 0.15) is 23.0 Å². The van der Waals surface area contributed by atoms with Crippen molar-refractivity contribution in [2.45, 2.75) is 19.9 Å². The highest BCUT2D eigenvalue weighted by Gasteiger charge is 2.21. The number of hydrogen-bond acceptors (Lipinski definition) is 6. The molecule has 1 fully saturated rings. The van der Waals surface area contributed by atoms with Crippen LogP contribution in [0.15, 0.2) is 43.0 Å². The summed E-state index contributed by atoms with van der Waals surface area (Å²) in [6.45, 7) is 6.51. The van der Waals surface area contributed by atoms with Gasteiger partial charge in [-0.05, 0) is 26.0 Å². The number of nitrogens with one attached hydrogen (secondary N) is 2. The van der Waals surface area contributed by atoms with E-state index in [9.17, 15) is 9.18 Å². The van der Waals surface area contributed by atoms with Gasteiger partial charge in [-0.1, -0.05) is 0 Å². The van der Waals surface area contributed by atoms with Gasteiger partial charge in [0.05, 0.1) is 22.6 Å². The Kier molecular flexibility index (Phi) is 4.74. The molecule has 4 aromatic rings. The fourth-order valence-electron chi connectivity index (χ4n) is 4.08. The van der Waals surface area contributed by atoms with Crippen LogP contribution in [0.5, 0.6) is 0 Å². The average molecular weight is 419 g/mol. The smallest absolute Gasteiger partial charge is 0.257 e. The zero-order valence-corrected chi connectivity index (χ0v) is 17.3. The zero-order chi connectivity index (χ0) is 21.5. The number of pyridine rings is 1. The Morgan fingerprint density at radius 2 is 2.03 bits per heavy atom. The summed E-state index contributed by atoms with van der Waals surface area (Å²) < 4.78 is 16.0. The molecule has 0 saturated carbocycles. The molecular weight excluding hydrogens is 397 g/mol. The van der Waals surface area contributed by atoms with Gasteiger partial charge < -0.3 is 19.9 Å². The minimum atomic E-state index is -0.501. The third kappa shape index (κ3) is 3.57. The molecule has 5 rings (SSSR count). The van der Waals surface area contributed by atoms with E-state index in [0.29, 0.717) is 34.0 Å². The maximum Gasteiger partial charge on any atom is 0.257 e. The van der Waals surface area contributed by atoms with Crippen LogP contribution in [0, 0.1) is 12.7 Å². The third-order valence-corrected chi connectivity index (χ3v) is 5.44. The first-order valence-corrected chi connectivity index (χ1v) is 10.2. The zero-order valence-electron chi connectivity index (χ0n) is 17.3. The molecule has 31 heavy (non-hydrogen) atoms. The number of fused-ring (bicyclic) bond motifs is 2. The average Bonchev–Trinajstić information content (AvgIpc) is 3.13. The van der Waals surface area contributed by atoms with Crippen LogP contribution in [-0.4, -0.2) is 50.9 Å². The van der Waals surface area contributed by atoms with Crippen molar-refractivity contribution in [3.05, 3.63) is 60.1 Å². The Morgan fingerprint density at radius 3 is 2.84 bits per heavy atom. The number of hydrogen-bond donors (Lipinski definition) is 2. The SMILES string of the molecule is Cc1cn2cc(NC(=O)c3ccc(N4CCNC(C)C4)c4nccnc34)cc(F)c2n1. The van der Waals surface area contributed by atoms with Crippen LogP contribution in [0.4, 0.5) is 15.8 Å². The monoisotopic (exact) mass is 419 g/mol. The predicted molar refractivity (Wildman–Crippen MR) is 117 cm³/mol. The molecule has 1 amide bonds. The molecule has 9 heteroatoms. The number of carbonyl (C=O) groups excluding carboxylic acids is 1. The van der Waals surface area contributed by atoms with Gasteiger partial charge in [0.15, 0.2) is 11.5 Å². The van der Waals surface area contributed by atoms with E-state index < -0.39 is 5.82 Å². The molecule has 0 bridgehead atoms. The lowest BCUT2D eigenvalue weighted by molar-refractivity contribution is 0.102. The Bertz CT molecular complexity index is 1300. The van der Waals surface area contributed by atoms with E-state index >= 15 is 0 Å². The highest BCUT2D eigenvalue weighted by atomic mass is 19.1. The van der Waals surface area contributed by atoms with Crippen LogP contribution >= 0.6 is 0 Å². The van der Waals surface area contributed by atoms with Crippen LogP contribution in [-0.2, 0) is 0 Å². The van der Waals surface area contributed by atoms with Crippen molar-refractivity contribution in [3.8, 4) is 0 Å². The molecule has 1 atom stereocenters. The Hall–Kier alpha value is -3.59. The molecule has 1 saturated heterocycles. The number of amides is 1. The van der Waals surface area contributed by atoms with Crippen molar-refractivity contribution in [2.24, 2.45) is 0 Å². The molecular formula is C22H22FN7O. The third-order valence-electron chi connectivity index (χ3n) is 5.44. The highest BCUT2D eigenvalue weighted by molar-refractivity contribution is 6.13. The first kappa shape index (κ1) is 19.4. The van der Waals surface area contributed by atoms with E-state index in [1.165, 1.54) is 6.07 Å². The standard InChI is InChI=1S/C22H22FN7O/c1-13-10-29(8-7-24-13)18-4-3-16(19-20(18)26-6-5-25-19)22(31)28-15-9-17(23)21-27-14(2)11-30(21)12-15/h3-6,9,11-13,24H,7-8,10H2,1-2H3,(H,28,31). The maximum absolute atomic E-state index is 14.4. The lowest BCUT2D eigenvalue weighted by Gasteiger charge is -2.34. The van der Waals surface area contributed by atoms with Crippen molar-refractivity contribution in [1.82, 2.24) is 24.7 Å². The molecule has 2 N–H and O–H groups in total. The van der Waals surface area contributed by atoms with Gasteiger partial charge in [0.25, 0.3) is 5.91 Å². The number of halogens is 1. The summed E-state index contributed by atoms with van der Waals surface area (Å²) in [7, 11) is 0. The molecule has 0 aliphatic carbocycles. The van der Waals surface area contributed by atoms with E-state index in [2.05, 4.69) is 37.4 Å². The fraction of sp³-hybridized carbons (Fsp3) is 0.273. The van der Waals surface area contributed by atoms with E-state index in [0.717, 1.165) is 25.3 Å². The lowest BCUT2D eigenvalue weighted by atomic mass is 10.1. The van der Waals surface area contributed by atoms with Gasteiger partial charge in [-0.15, -0.1) is 0 Å². The van der Waals surface area contributed by atoms with Gasteiger partial charge in [-0.3, -0.25) is 14.8 Å². The largest absolute Gasteiger partial charge is 0.367 e. The highest BCUT2D eigenvalue weighted by Crippen LogP contribution is 2.28. The van der Waals surface area contributed by atoms with E-state index in [4.69, 9.17) is 0 Å². The minimum absolute atomic E-state index is 0.224. The van der Waals surface area contributed by atoms with Crippen molar-refractivity contribution < 1.29 is 9.18 Å². The second kappa shape index (κ2) is 7.59. The topological polar surface area (TPSA) is 87.5 Å². The van der Waals surface area contributed by atoms with Gasteiger partial charge in [0.1, 0.15) is 11.0 Å². The number of carbonyl (C=O) groups is 1. The lowest BCUT2D eigenvalue weighted by Crippen LogP contribution is -2.49.